The third-order valence-corrected chi connectivity index (χ3v) is 3.02. The number of carbonyl (C=O) groups is 1. The molecule has 82 valence electrons. The van der Waals surface area contributed by atoms with E-state index in [9.17, 15) is 9.90 Å². The number of nitrogens with one attached hydrogen (secondary N) is 1. The number of hydrogen-bond donors (Lipinski definition) is 3. The molecule has 4 N–H and O–H groups in total. The highest BCUT2D eigenvalue weighted by Gasteiger charge is 2.34. The van der Waals surface area contributed by atoms with E-state index < -0.39 is 5.60 Å². The molecule has 14 heavy (non-hydrogen) atoms. The topological polar surface area (TPSA) is 75.3 Å². The molecule has 1 saturated carbocycles. The Morgan fingerprint density at radius 2 is 2.14 bits per heavy atom. The van der Waals surface area contributed by atoms with Gasteiger partial charge in [-0.25, -0.2) is 0 Å². The lowest BCUT2D eigenvalue weighted by Gasteiger charge is -2.34. The Kier molecular flexibility index (Phi) is 3.89. The largest absolute Gasteiger partial charge is 0.389 e. The number of carbonyl (C=O) groups excluding carboxylic acids is 1. The summed E-state index contributed by atoms with van der Waals surface area (Å²) < 4.78 is 0. The molecule has 0 aromatic carbocycles. The first-order valence-electron chi connectivity index (χ1n) is 5.31. The van der Waals surface area contributed by atoms with Crippen molar-refractivity contribution in [2.24, 2.45) is 11.7 Å². The summed E-state index contributed by atoms with van der Waals surface area (Å²) in [4.78, 5) is 11.5. The minimum absolute atomic E-state index is 0.0711. The maximum Gasteiger partial charge on any atom is 0.223 e. The van der Waals surface area contributed by atoms with Crippen molar-refractivity contribution in [1.29, 1.82) is 0 Å². The van der Waals surface area contributed by atoms with Crippen LogP contribution in [-0.2, 0) is 4.79 Å². The molecule has 1 amide bonds. The van der Waals surface area contributed by atoms with Gasteiger partial charge in [-0.3, -0.25) is 4.79 Å². The molecule has 0 aromatic rings. The molecule has 0 spiro atoms. The van der Waals surface area contributed by atoms with E-state index in [4.69, 9.17) is 5.73 Å². The molecular formula is C10H20N2O2. The van der Waals surface area contributed by atoms with E-state index in [1.54, 1.807) is 0 Å². The molecule has 4 heteroatoms. The number of hydrogen-bond acceptors (Lipinski definition) is 3. The van der Waals surface area contributed by atoms with Gasteiger partial charge in [-0.05, 0) is 32.6 Å². The monoisotopic (exact) mass is 200 g/mol. The molecule has 0 atom stereocenters. The summed E-state index contributed by atoms with van der Waals surface area (Å²) in [6.07, 6.45) is 2.79. The van der Waals surface area contributed by atoms with E-state index >= 15 is 0 Å². The van der Waals surface area contributed by atoms with Crippen molar-refractivity contribution in [3.8, 4) is 0 Å². The molecule has 0 unspecified atom stereocenters. The molecule has 0 heterocycles. The van der Waals surface area contributed by atoms with Crippen LogP contribution in [0.3, 0.4) is 0 Å². The Morgan fingerprint density at radius 1 is 1.57 bits per heavy atom. The third kappa shape index (κ3) is 2.69. The highest BCUT2D eigenvalue weighted by molar-refractivity contribution is 5.78. The first-order chi connectivity index (χ1) is 6.61. The molecule has 1 rings (SSSR count). The van der Waals surface area contributed by atoms with Crippen LogP contribution < -0.4 is 11.1 Å². The van der Waals surface area contributed by atoms with Crippen molar-refractivity contribution in [3.63, 3.8) is 0 Å². The zero-order valence-electron chi connectivity index (χ0n) is 8.75. The molecule has 0 bridgehead atoms. The lowest BCUT2D eigenvalue weighted by atomic mass is 9.78. The predicted molar refractivity (Wildman–Crippen MR) is 54.6 cm³/mol. The van der Waals surface area contributed by atoms with Crippen LogP contribution in [0.5, 0.6) is 0 Å². The molecule has 1 aliphatic rings. The van der Waals surface area contributed by atoms with Crippen LogP contribution in [0.25, 0.3) is 0 Å². The number of amides is 1. The van der Waals surface area contributed by atoms with Gasteiger partial charge < -0.3 is 16.2 Å². The van der Waals surface area contributed by atoms with Crippen LogP contribution in [0.2, 0.25) is 0 Å². The van der Waals surface area contributed by atoms with Gasteiger partial charge in [-0.2, -0.15) is 0 Å². The van der Waals surface area contributed by atoms with Crippen LogP contribution in [0.15, 0.2) is 0 Å². The highest BCUT2D eigenvalue weighted by atomic mass is 16.3. The van der Waals surface area contributed by atoms with Gasteiger partial charge >= 0.3 is 0 Å². The van der Waals surface area contributed by atoms with E-state index in [1.165, 1.54) is 0 Å². The fourth-order valence-electron chi connectivity index (χ4n) is 1.94. The van der Waals surface area contributed by atoms with Crippen molar-refractivity contribution in [1.82, 2.24) is 5.32 Å². The van der Waals surface area contributed by atoms with Crippen LogP contribution in [0.4, 0.5) is 0 Å². The van der Waals surface area contributed by atoms with E-state index in [1.807, 2.05) is 6.92 Å². The summed E-state index contributed by atoms with van der Waals surface area (Å²) >= 11 is 0. The van der Waals surface area contributed by atoms with Gasteiger partial charge in [0.15, 0.2) is 0 Å². The summed E-state index contributed by atoms with van der Waals surface area (Å²) in [5.74, 6) is 0.188. The van der Waals surface area contributed by atoms with E-state index in [0.717, 1.165) is 12.8 Å². The van der Waals surface area contributed by atoms with Gasteiger partial charge in [0.25, 0.3) is 0 Å². The quantitative estimate of drug-likeness (QED) is 0.600. The second-order valence-corrected chi connectivity index (χ2v) is 4.10. The van der Waals surface area contributed by atoms with Crippen molar-refractivity contribution in [2.75, 3.05) is 13.1 Å². The smallest absolute Gasteiger partial charge is 0.223 e. The predicted octanol–water partition coefficient (Wildman–Crippen LogP) is 0.00250. The molecule has 0 aliphatic heterocycles. The average molecular weight is 200 g/mol. The molecule has 0 saturated heterocycles. The second-order valence-electron chi connectivity index (χ2n) is 4.10. The van der Waals surface area contributed by atoms with E-state index in [-0.39, 0.29) is 11.8 Å². The minimum Gasteiger partial charge on any atom is -0.389 e. The summed E-state index contributed by atoms with van der Waals surface area (Å²) in [6, 6.07) is 0. The fraction of sp³-hybridized carbons (Fsp3) is 0.900. The van der Waals surface area contributed by atoms with Crippen molar-refractivity contribution in [2.45, 2.75) is 38.2 Å². The molecular weight excluding hydrogens is 180 g/mol. The van der Waals surface area contributed by atoms with Gasteiger partial charge in [0.2, 0.25) is 5.91 Å². The van der Waals surface area contributed by atoms with E-state index in [0.29, 0.717) is 25.9 Å². The van der Waals surface area contributed by atoms with E-state index in [2.05, 4.69) is 5.32 Å². The summed E-state index contributed by atoms with van der Waals surface area (Å²) in [5, 5.41) is 12.7. The molecule has 1 fully saturated rings. The Hall–Kier alpha value is -0.610. The number of nitrogens with two attached hydrogens (primary N) is 1. The van der Waals surface area contributed by atoms with Crippen molar-refractivity contribution < 1.29 is 9.90 Å². The standard InChI is InChI=1S/C10H20N2O2/c1-2-12-9(13)8-3-5-10(14,7-11)6-4-8/h8,14H,2-7,11H2,1H3,(H,12,13). The zero-order chi connectivity index (χ0) is 10.6. The summed E-state index contributed by atoms with van der Waals surface area (Å²) in [5.41, 5.74) is 4.75. The first kappa shape index (κ1) is 11.5. The summed E-state index contributed by atoms with van der Waals surface area (Å²) in [6.45, 7) is 2.89. The van der Waals surface area contributed by atoms with Crippen LogP contribution in [0, 0.1) is 5.92 Å². The maximum atomic E-state index is 11.5. The minimum atomic E-state index is -0.719. The Balaban J connectivity index is 2.39. The molecule has 0 radical (unpaired) electrons. The first-order valence-corrected chi connectivity index (χ1v) is 5.31. The van der Waals surface area contributed by atoms with Crippen LogP contribution >= 0.6 is 0 Å². The Labute approximate surface area is 84.9 Å². The van der Waals surface area contributed by atoms with Gasteiger partial charge in [-0.15, -0.1) is 0 Å². The van der Waals surface area contributed by atoms with Crippen LogP contribution in [0.1, 0.15) is 32.6 Å². The highest BCUT2D eigenvalue weighted by Crippen LogP contribution is 2.31. The fourth-order valence-corrected chi connectivity index (χ4v) is 1.94. The lowest BCUT2D eigenvalue weighted by molar-refractivity contribution is -0.127. The van der Waals surface area contributed by atoms with Crippen LogP contribution in [-0.4, -0.2) is 29.7 Å². The van der Waals surface area contributed by atoms with Crippen molar-refractivity contribution in [3.05, 3.63) is 0 Å². The number of aliphatic hydroxyl groups is 1. The lowest BCUT2D eigenvalue weighted by Crippen LogP contribution is -2.44. The Bertz CT molecular complexity index is 198. The number of rotatable bonds is 3. The van der Waals surface area contributed by atoms with Gasteiger partial charge in [-0.1, -0.05) is 0 Å². The van der Waals surface area contributed by atoms with Gasteiger partial charge in [0.05, 0.1) is 5.60 Å². The average Bonchev–Trinajstić information content (AvgIpc) is 2.19. The normalized spacial score (nSPS) is 32.6. The zero-order valence-corrected chi connectivity index (χ0v) is 8.75. The molecule has 0 aromatic heterocycles. The second kappa shape index (κ2) is 4.75. The SMILES string of the molecule is CCNC(=O)C1CCC(O)(CN)CC1. The third-order valence-electron chi connectivity index (χ3n) is 3.02. The Morgan fingerprint density at radius 3 is 2.57 bits per heavy atom. The van der Waals surface area contributed by atoms with Gasteiger partial charge in [0, 0.05) is 19.0 Å². The maximum absolute atomic E-state index is 11.5. The van der Waals surface area contributed by atoms with Crippen molar-refractivity contribution >= 4 is 5.91 Å². The summed E-state index contributed by atoms with van der Waals surface area (Å²) in [7, 11) is 0. The van der Waals surface area contributed by atoms with Gasteiger partial charge in [0.1, 0.15) is 0 Å². The molecule has 4 nitrogen and oxygen atoms in total. The molecule has 1 aliphatic carbocycles.